The van der Waals surface area contributed by atoms with Gasteiger partial charge in [0.2, 0.25) is 0 Å². The summed E-state index contributed by atoms with van der Waals surface area (Å²) in [5.41, 5.74) is 7.59. The topological polar surface area (TPSA) is 38.7 Å². The van der Waals surface area contributed by atoms with E-state index in [2.05, 4.69) is 108 Å². The van der Waals surface area contributed by atoms with Gasteiger partial charge >= 0.3 is 0 Å². The fraction of sp³-hybridized carbons (Fsp3) is 0.353. The maximum atomic E-state index is 4.76. The first-order valence-electron chi connectivity index (χ1n) is 14.6. The van der Waals surface area contributed by atoms with Gasteiger partial charge in [0.05, 0.1) is 24.7 Å². The van der Waals surface area contributed by atoms with Crippen molar-refractivity contribution in [3.8, 4) is 0 Å². The number of fused-ring (bicyclic) bond motifs is 2. The molecule has 0 N–H and O–H groups in total. The van der Waals surface area contributed by atoms with Gasteiger partial charge in [0.25, 0.3) is 0 Å². The highest BCUT2D eigenvalue weighted by Crippen LogP contribution is 2.40. The van der Waals surface area contributed by atoms with Crippen LogP contribution in [0.25, 0.3) is 0 Å². The van der Waals surface area contributed by atoms with Crippen LogP contribution >= 0.6 is 0 Å². The van der Waals surface area contributed by atoms with Crippen LogP contribution in [-0.4, -0.2) is 36.4 Å². The number of aromatic nitrogens is 2. The first-order valence-corrected chi connectivity index (χ1v) is 14.6. The van der Waals surface area contributed by atoms with E-state index in [4.69, 9.17) is 9.97 Å². The zero-order valence-electron chi connectivity index (χ0n) is 24.2. The highest BCUT2D eigenvalue weighted by molar-refractivity contribution is 5.80. The molecule has 6 nitrogen and oxygen atoms in total. The summed E-state index contributed by atoms with van der Waals surface area (Å²) in [6, 6.07) is 26.4. The van der Waals surface area contributed by atoms with Crippen molar-refractivity contribution in [2.75, 3.05) is 46.0 Å². The van der Waals surface area contributed by atoms with Crippen LogP contribution in [0.4, 0.5) is 34.4 Å². The predicted octanol–water partition coefficient (Wildman–Crippen LogP) is 8.04. The molecule has 6 heteroatoms. The Hall–Kier alpha value is -4.06. The minimum atomic E-state index is 0.533. The molecule has 206 valence electrons. The van der Waals surface area contributed by atoms with E-state index in [1.165, 1.54) is 33.9 Å². The summed E-state index contributed by atoms with van der Waals surface area (Å²) in [4.78, 5) is 19.1. The summed E-state index contributed by atoms with van der Waals surface area (Å²) in [5, 5.41) is 0. The molecule has 2 aromatic heterocycles. The van der Waals surface area contributed by atoms with E-state index < -0.39 is 0 Å². The SMILES string of the molecule is CC(C)c1ccc(N2CN(CCCCN3CN(c4ccc(C(C)C)cc4)c4ncccc43)c3cccnc32)cc1. The van der Waals surface area contributed by atoms with Crippen LogP contribution in [0.3, 0.4) is 0 Å². The van der Waals surface area contributed by atoms with E-state index in [9.17, 15) is 0 Å². The van der Waals surface area contributed by atoms with Crippen molar-refractivity contribution in [1.29, 1.82) is 0 Å². The maximum Gasteiger partial charge on any atom is 0.158 e. The van der Waals surface area contributed by atoms with Crippen molar-refractivity contribution in [2.45, 2.75) is 52.4 Å². The summed E-state index contributed by atoms with van der Waals surface area (Å²) < 4.78 is 0. The molecule has 0 saturated heterocycles. The molecular weight excluding hydrogens is 492 g/mol. The lowest BCUT2D eigenvalue weighted by atomic mass is 10.0. The van der Waals surface area contributed by atoms with E-state index in [-0.39, 0.29) is 0 Å². The molecule has 0 unspecified atom stereocenters. The summed E-state index contributed by atoms with van der Waals surface area (Å²) in [6.45, 7) is 12.6. The molecule has 4 heterocycles. The average molecular weight is 533 g/mol. The third-order valence-corrected chi connectivity index (χ3v) is 8.20. The minimum Gasteiger partial charge on any atom is -0.350 e. The van der Waals surface area contributed by atoms with Gasteiger partial charge in [-0.3, -0.25) is 0 Å². The standard InChI is InChI=1S/C34H40N6/c1-25(2)27-11-15-29(16-12-27)39-23-37(31-9-7-19-35-33(31)39)21-5-6-22-38-24-40(34-32(38)10-8-20-36-34)30-17-13-28(14-18-30)26(3)4/h7-20,25-26H,5-6,21-24H2,1-4H3. The Bertz CT molecular complexity index is 1320. The molecule has 0 fully saturated rings. The number of unbranched alkanes of at least 4 members (excludes halogenated alkanes) is 1. The zero-order valence-corrected chi connectivity index (χ0v) is 24.2. The summed E-state index contributed by atoms with van der Waals surface area (Å²) in [7, 11) is 0. The van der Waals surface area contributed by atoms with E-state index in [0.29, 0.717) is 11.8 Å². The summed E-state index contributed by atoms with van der Waals surface area (Å²) >= 11 is 0. The lowest BCUT2D eigenvalue weighted by Crippen LogP contribution is -2.31. The van der Waals surface area contributed by atoms with Crippen LogP contribution in [0.5, 0.6) is 0 Å². The first kappa shape index (κ1) is 26.2. The first-order chi connectivity index (χ1) is 19.5. The number of hydrogen-bond acceptors (Lipinski definition) is 6. The van der Waals surface area contributed by atoms with Crippen LogP contribution in [0.15, 0.2) is 85.2 Å². The van der Waals surface area contributed by atoms with Crippen molar-refractivity contribution < 1.29 is 0 Å². The second-order valence-corrected chi connectivity index (χ2v) is 11.6. The third-order valence-electron chi connectivity index (χ3n) is 8.20. The second kappa shape index (κ2) is 11.2. The Morgan fingerprint density at radius 3 is 1.35 bits per heavy atom. The quantitative estimate of drug-likeness (QED) is 0.203. The van der Waals surface area contributed by atoms with Gasteiger partial charge in [-0.2, -0.15) is 0 Å². The van der Waals surface area contributed by atoms with Gasteiger partial charge in [0.1, 0.15) is 0 Å². The molecule has 40 heavy (non-hydrogen) atoms. The Morgan fingerprint density at radius 2 is 0.975 bits per heavy atom. The molecule has 0 radical (unpaired) electrons. The molecule has 2 aliphatic rings. The fourth-order valence-electron chi connectivity index (χ4n) is 5.79. The second-order valence-electron chi connectivity index (χ2n) is 11.6. The molecule has 0 bridgehead atoms. The van der Waals surface area contributed by atoms with Crippen LogP contribution in [0.2, 0.25) is 0 Å². The lowest BCUT2D eigenvalue weighted by Gasteiger charge is -2.23. The number of anilines is 6. The van der Waals surface area contributed by atoms with Gasteiger partial charge in [0.15, 0.2) is 11.6 Å². The number of rotatable bonds is 9. The Morgan fingerprint density at radius 1 is 0.575 bits per heavy atom. The van der Waals surface area contributed by atoms with Gasteiger partial charge in [-0.05, 0) is 84.3 Å². The minimum absolute atomic E-state index is 0.533. The number of benzene rings is 2. The highest BCUT2D eigenvalue weighted by Gasteiger charge is 2.29. The molecule has 0 atom stereocenters. The fourth-order valence-corrected chi connectivity index (χ4v) is 5.79. The van der Waals surface area contributed by atoms with Crippen molar-refractivity contribution in [3.63, 3.8) is 0 Å². The van der Waals surface area contributed by atoms with Gasteiger partial charge in [-0.25, -0.2) is 9.97 Å². The molecule has 6 rings (SSSR count). The Labute approximate surface area is 238 Å². The molecular formula is C34H40N6. The van der Waals surface area contributed by atoms with Gasteiger partial charge in [-0.1, -0.05) is 52.0 Å². The lowest BCUT2D eigenvalue weighted by molar-refractivity contribution is 0.678. The monoisotopic (exact) mass is 532 g/mol. The molecule has 0 aliphatic carbocycles. The van der Waals surface area contributed by atoms with Crippen molar-refractivity contribution in [3.05, 3.63) is 96.3 Å². The Balaban J connectivity index is 1.09. The largest absolute Gasteiger partial charge is 0.350 e. The van der Waals surface area contributed by atoms with Crippen LogP contribution in [0, 0.1) is 0 Å². The molecule has 2 aliphatic heterocycles. The van der Waals surface area contributed by atoms with E-state index in [1.807, 2.05) is 24.5 Å². The van der Waals surface area contributed by atoms with E-state index >= 15 is 0 Å². The highest BCUT2D eigenvalue weighted by atomic mass is 15.4. The third kappa shape index (κ3) is 5.10. The average Bonchev–Trinajstić information content (AvgIpc) is 3.54. The molecule has 0 amide bonds. The molecule has 2 aromatic carbocycles. The van der Waals surface area contributed by atoms with Gasteiger partial charge in [-0.15, -0.1) is 0 Å². The Kier molecular flexibility index (Phi) is 7.33. The number of hydrogen-bond donors (Lipinski definition) is 0. The summed E-state index contributed by atoms with van der Waals surface area (Å²) in [5.74, 6) is 3.17. The molecule has 0 spiro atoms. The normalized spacial score (nSPS) is 14.4. The van der Waals surface area contributed by atoms with Crippen molar-refractivity contribution >= 4 is 34.4 Å². The van der Waals surface area contributed by atoms with Crippen LogP contribution in [0.1, 0.15) is 63.5 Å². The predicted molar refractivity (Wildman–Crippen MR) is 167 cm³/mol. The van der Waals surface area contributed by atoms with Crippen molar-refractivity contribution in [1.82, 2.24) is 9.97 Å². The molecule has 0 saturated carbocycles. The summed E-state index contributed by atoms with van der Waals surface area (Å²) in [6.07, 6.45) is 6.03. The zero-order chi connectivity index (χ0) is 27.6. The van der Waals surface area contributed by atoms with Gasteiger partial charge in [0, 0.05) is 36.9 Å². The van der Waals surface area contributed by atoms with E-state index in [1.54, 1.807) is 0 Å². The number of pyridine rings is 2. The van der Waals surface area contributed by atoms with Crippen LogP contribution in [-0.2, 0) is 0 Å². The van der Waals surface area contributed by atoms with Crippen LogP contribution < -0.4 is 19.6 Å². The van der Waals surface area contributed by atoms with E-state index in [0.717, 1.165) is 50.9 Å². The van der Waals surface area contributed by atoms with Gasteiger partial charge < -0.3 is 19.6 Å². The smallest absolute Gasteiger partial charge is 0.158 e. The van der Waals surface area contributed by atoms with Crippen molar-refractivity contribution in [2.24, 2.45) is 0 Å². The number of nitrogens with zero attached hydrogens (tertiary/aromatic N) is 6. The maximum absolute atomic E-state index is 4.76. The molecule has 4 aromatic rings.